The Morgan fingerprint density at radius 2 is 1.85 bits per heavy atom. The highest BCUT2D eigenvalue weighted by Gasteiger charge is 2.12. The quantitative estimate of drug-likeness (QED) is 0.655. The van der Waals surface area contributed by atoms with Crippen LogP contribution in [0.4, 0.5) is 0 Å². The van der Waals surface area contributed by atoms with Crippen molar-refractivity contribution in [3.63, 3.8) is 0 Å². The minimum absolute atomic E-state index is 0. The molecule has 0 spiro atoms. The second-order valence-electron chi connectivity index (χ2n) is 5.58. The van der Waals surface area contributed by atoms with Gasteiger partial charge in [-0.05, 0) is 30.8 Å². The summed E-state index contributed by atoms with van der Waals surface area (Å²) in [6.45, 7) is 8.31. The molecular weight excluding hydrogens is 391 g/mol. The topological polar surface area (TPSA) is 71.2 Å². The zero-order valence-corrected chi connectivity index (χ0v) is 17.7. The number of nitrogens with one attached hydrogen (secondary N) is 1. The Bertz CT molecular complexity index is 662. The Morgan fingerprint density at radius 3 is 2.46 bits per heavy atom. The van der Waals surface area contributed by atoms with E-state index in [1.54, 1.807) is 5.38 Å². The number of amides is 1. The van der Waals surface area contributed by atoms with Crippen LogP contribution in [0, 0.1) is 0 Å². The Balaban J connectivity index is 0.00000312. The van der Waals surface area contributed by atoms with Gasteiger partial charge in [0.2, 0.25) is 0 Å². The van der Waals surface area contributed by atoms with Crippen LogP contribution in [0.25, 0.3) is 0 Å². The van der Waals surface area contributed by atoms with Gasteiger partial charge in [-0.25, -0.2) is 4.98 Å². The van der Waals surface area contributed by atoms with Gasteiger partial charge >= 0.3 is 0 Å². The molecule has 0 saturated carbocycles. The van der Waals surface area contributed by atoms with Gasteiger partial charge in [0.25, 0.3) is 5.91 Å². The molecule has 0 atom stereocenters. The number of benzene rings is 1. The molecule has 26 heavy (non-hydrogen) atoms. The van der Waals surface area contributed by atoms with Crippen LogP contribution in [0.3, 0.4) is 0 Å². The van der Waals surface area contributed by atoms with E-state index in [0.29, 0.717) is 25.2 Å². The summed E-state index contributed by atoms with van der Waals surface area (Å²) in [7, 11) is 0. The van der Waals surface area contributed by atoms with Crippen molar-refractivity contribution >= 4 is 42.1 Å². The molecule has 0 unspecified atom stereocenters. The van der Waals surface area contributed by atoms with Gasteiger partial charge in [0.15, 0.2) is 0 Å². The van der Waals surface area contributed by atoms with E-state index in [0.717, 1.165) is 30.2 Å². The van der Waals surface area contributed by atoms with Crippen LogP contribution < -0.4 is 11.1 Å². The normalized spacial score (nSPS) is 10.2. The van der Waals surface area contributed by atoms with Crippen molar-refractivity contribution in [2.75, 3.05) is 19.6 Å². The first-order valence-electron chi connectivity index (χ1n) is 8.39. The van der Waals surface area contributed by atoms with Gasteiger partial charge in [0, 0.05) is 24.9 Å². The molecule has 0 aliphatic carbocycles. The second kappa shape index (κ2) is 13.1. The minimum atomic E-state index is -0.132. The molecule has 2 rings (SSSR count). The van der Waals surface area contributed by atoms with Crippen LogP contribution in [-0.2, 0) is 19.5 Å². The Hall–Kier alpha value is -1.18. The predicted molar refractivity (Wildman–Crippen MR) is 114 cm³/mol. The summed E-state index contributed by atoms with van der Waals surface area (Å²) in [5.74, 6) is -0.132. The maximum Gasteiger partial charge on any atom is 0.271 e. The highest BCUT2D eigenvalue weighted by atomic mass is 35.5. The summed E-state index contributed by atoms with van der Waals surface area (Å²) in [5.41, 5.74) is 8.40. The highest BCUT2D eigenvalue weighted by molar-refractivity contribution is 7.09. The molecule has 5 nitrogen and oxygen atoms in total. The van der Waals surface area contributed by atoms with Crippen molar-refractivity contribution in [3.8, 4) is 0 Å². The Kier molecular flexibility index (Phi) is 12.5. The zero-order chi connectivity index (χ0) is 17.4. The lowest BCUT2D eigenvalue weighted by molar-refractivity contribution is 0.0946. The molecule has 0 saturated heterocycles. The fourth-order valence-electron chi connectivity index (χ4n) is 2.49. The third kappa shape index (κ3) is 7.21. The maximum absolute atomic E-state index is 12.3. The predicted octanol–water partition coefficient (Wildman–Crippen LogP) is 3.26. The number of halogens is 2. The van der Waals surface area contributed by atoms with E-state index in [1.807, 2.05) is 12.1 Å². The lowest BCUT2D eigenvalue weighted by atomic mass is 10.1. The smallest absolute Gasteiger partial charge is 0.271 e. The van der Waals surface area contributed by atoms with Gasteiger partial charge in [0.1, 0.15) is 5.69 Å². The summed E-state index contributed by atoms with van der Waals surface area (Å²) in [5, 5.41) is 5.68. The molecule has 0 aliphatic heterocycles. The van der Waals surface area contributed by atoms with Crippen LogP contribution in [0.5, 0.6) is 0 Å². The summed E-state index contributed by atoms with van der Waals surface area (Å²) < 4.78 is 0. The first-order valence-corrected chi connectivity index (χ1v) is 9.27. The van der Waals surface area contributed by atoms with Crippen molar-refractivity contribution in [2.45, 2.75) is 33.4 Å². The van der Waals surface area contributed by atoms with Gasteiger partial charge < -0.3 is 11.1 Å². The molecule has 1 heterocycles. The number of rotatable bonds is 9. The standard InChI is InChI=1S/C18H26N4OS.2ClH/c1-3-22(4-2)12-15-8-6-5-7-14(15)11-20-18(23)16-13-24-17(21-16)9-10-19;;/h5-8,13H,3-4,9-12,19H2,1-2H3,(H,20,23);2*1H. The van der Waals surface area contributed by atoms with E-state index in [-0.39, 0.29) is 30.7 Å². The molecule has 0 fully saturated rings. The monoisotopic (exact) mass is 418 g/mol. The van der Waals surface area contributed by atoms with Gasteiger partial charge in [-0.15, -0.1) is 36.2 Å². The van der Waals surface area contributed by atoms with E-state index in [4.69, 9.17) is 5.73 Å². The second-order valence-corrected chi connectivity index (χ2v) is 6.52. The Labute approximate surface area is 172 Å². The molecule has 1 aromatic heterocycles. The molecular formula is C18H28Cl2N4OS. The zero-order valence-electron chi connectivity index (χ0n) is 15.2. The minimum Gasteiger partial charge on any atom is -0.347 e. The average molecular weight is 419 g/mol. The molecule has 8 heteroatoms. The van der Waals surface area contributed by atoms with Gasteiger partial charge in [-0.2, -0.15) is 0 Å². The van der Waals surface area contributed by atoms with Crippen LogP contribution in [0.1, 0.15) is 40.5 Å². The van der Waals surface area contributed by atoms with E-state index in [9.17, 15) is 4.79 Å². The summed E-state index contributed by atoms with van der Waals surface area (Å²) >= 11 is 1.48. The average Bonchev–Trinajstić information content (AvgIpc) is 3.07. The molecule has 146 valence electrons. The van der Waals surface area contributed by atoms with Crippen LogP contribution in [0.15, 0.2) is 29.6 Å². The first-order chi connectivity index (χ1) is 11.7. The van der Waals surface area contributed by atoms with Crippen molar-refractivity contribution in [2.24, 2.45) is 5.73 Å². The Morgan fingerprint density at radius 1 is 1.19 bits per heavy atom. The summed E-state index contributed by atoms with van der Waals surface area (Å²) in [6.07, 6.45) is 0.713. The lowest BCUT2D eigenvalue weighted by Crippen LogP contribution is -2.26. The number of hydrogen-bond acceptors (Lipinski definition) is 5. The molecule has 1 aromatic carbocycles. The lowest BCUT2D eigenvalue weighted by Gasteiger charge is -2.20. The van der Waals surface area contributed by atoms with Gasteiger partial charge in [-0.3, -0.25) is 9.69 Å². The largest absolute Gasteiger partial charge is 0.347 e. The third-order valence-corrected chi connectivity index (χ3v) is 4.90. The van der Waals surface area contributed by atoms with Crippen molar-refractivity contribution < 1.29 is 4.79 Å². The number of nitrogens with zero attached hydrogens (tertiary/aromatic N) is 2. The highest BCUT2D eigenvalue weighted by Crippen LogP contribution is 2.13. The van der Waals surface area contributed by atoms with E-state index in [1.165, 1.54) is 16.9 Å². The number of thiazole rings is 1. The maximum atomic E-state index is 12.3. The number of carbonyl (C=O) groups is 1. The summed E-state index contributed by atoms with van der Waals surface area (Å²) in [4.78, 5) is 19.0. The first kappa shape index (κ1) is 24.8. The van der Waals surface area contributed by atoms with Crippen molar-refractivity contribution in [1.29, 1.82) is 0 Å². The van der Waals surface area contributed by atoms with Crippen molar-refractivity contribution in [1.82, 2.24) is 15.2 Å². The number of carbonyl (C=O) groups excluding carboxylic acids is 1. The van der Waals surface area contributed by atoms with Crippen LogP contribution >= 0.6 is 36.2 Å². The fraction of sp³-hybridized carbons (Fsp3) is 0.444. The van der Waals surface area contributed by atoms with Gasteiger partial charge in [0.05, 0.1) is 5.01 Å². The van der Waals surface area contributed by atoms with E-state index in [2.05, 4.69) is 41.2 Å². The van der Waals surface area contributed by atoms with E-state index < -0.39 is 0 Å². The number of hydrogen-bond donors (Lipinski definition) is 2. The number of nitrogens with two attached hydrogens (primary N) is 1. The molecule has 2 aromatic rings. The number of aromatic nitrogens is 1. The van der Waals surface area contributed by atoms with Crippen LogP contribution in [0.2, 0.25) is 0 Å². The molecule has 3 N–H and O–H groups in total. The SMILES string of the molecule is CCN(CC)Cc1ccccc1CNC(=O)c1csc(CCN)n1.Cl.Cl. The van der Waals surface area contributed by atoms with Crippen molar-refractivity contribution in [3.05, 3.63) is 51.5 Å². The third-order valence-electron chi connectivity index (χ3n) is 3.99. The van der Waals surface area contributed by atoms with E-state index >= 15 is 0 Å². The molecule has 0 aliphatic rings. The fourth-order valence-corrected chi connectivity index (χ4v) is 3.29. The molecule has 0 radical (unpaired) electrons. The molecule has 0 bridgehead atoms. The van der Waals surface area contributed by atoms with Gasteiger partial charge in [-0.1, -0.05) is 38.1 Å². The summed E-state index contributed by atoms with van der Waals surface area (Å²) in [6, 6.07) is 8.25. The van der Waals surface area contributed by atoms with Crippen LogP contribution in [-0.4, -0.2) is 35.4 Å². The molecule has 1 amide bonds.